The summed E-state index contributed by atoms with van der Waals surface area (Å²) in [5, 5.41) is 15.7. The van der Waals surface area contributed by atoms with Crippen molar-refractivity contribution in [2.24, 2.45) is 5.92 Å². The highest BCUT2D eigenvalue weighted by Crippen LogP contribution is 2.50. The van der Waals surface area contributed by atoms with Crippen LogP contribution in [0.1, 0.15) is 32.1 Å². The number of amides is 2. The Bertz CT molecular complexity index is 1210. The van der Waals surface area contributed by atoms with E-state index in [0.717, 1.165) is 12.1 Å². The Morgan fingerprint density at radius 1 is 0.917 bits per heavy atom. The fourth-order valence-corrected chi connectivity index (χ4v) is 5.18. The second-order valence-electron chi connectivity index (χ2n) is 9.15. The first-order chi connectivity index (χ1) is 17.1. The Balaban J connectivity index is 1.31. The molecule has 0 unspecified atom stereocenters. The van der Waals surface area contributed by atoms with Gasteiger partial charge >= 0.3 is 0 Å². The zero-order chi connectivity index (χ0) is 25.9. The Morgan fingerprint density at radius 2 is 1.42 bits per heavy atom. The molecule has 0 aromatic heterocycles. The number of carbonyl (C=O) groups is 2. The lowest BCUT2D eigenvalue weighted by molar-refractivity contribution is -0.131. The summed E-state index contributed by atoms with van der Waals surface area (Å²) in [4.78, 5) is 25.2. The molecule has 0 aliphatic heterocycles. The molecule has 3 aliphatic rings. The van der Waals surface area contributed by atoms with Crippen molar-refractivity contribution in [2.45, 2.75) is 43.2 Å². The van der Waals surface area contributed by atoms with Gasteiger partial charge in [0.1, 0.15) is 23.1 Å². The van der Waals surface area contributed by atoms with Crippen LogP contribution in [0, 0.1) is 28.9 Å². The standard InChI is InChI=1S/C25H23Cl2F2N3O4/c26-18-3-1-16(9-20(18)28)35-13-22(33)31-24-5-7-25(8-6-24,15(11-24)12-30)32-23(34)14-36-17-2-4-19(27)21(29)10-17/h1-4,9-10,15H,5-8,11,13-14H2,(H,31,33)(H,32,34)/t15-,24?,25?/m1/s1. The van der Waals surface area contributed by atoms with Crippen molar-refractivity contribution in [3.05, 3.63) is 58.1 Å². The Labute approximate surface area is 216 Å². The van der Waals surface area contributed by atoms with Crippen LogP contribution >= 0.6 is 23.2 Å². The molecule has 0 radical (unpaired) electrons. The van der Waals surface area contributed by atoms with Gasteiger partial charge in [0.2, 0.25) is 0 Å². The van der Waals surface area contributed by atoms with Gasteiger partial charge in [-0.3, -0.25) is 9.59 Å². The summed E-state index contributed by atoms with van der Waals surface area (Å²) >= 11 is 11.3. The van der Waals surface area contributed by atoms with Crippen molar-refractivity contribution in [1.82, 2.24) is 10.6 Å². The molecular formula is C25H23Cl2F2N3O4. The van der Waals surface area contributed by atoms with Crippen LogP contribution in [0.4, 0.5) is 8.78 Å². The first-order valence-corrected chi connectivity index (χ1v) is 12.1. The maximum Gasteiger partial charge on any atom is 0.258 e. The molecule has 2 aromatic rings. The number of nitrogens with zero attached hydrogens (tertiary/aromatic N) is 1. The summed E-state index contributed by atoms with van der Waals surface area (Å²) in [6, 6.07) is 10.1. The van der Waals surface area contributed by atoms with E-state index in [-0.39, 0.29) is 40.7 Å². The van der Waals surface area contributed by atoms with Gasteiger partial charge in [0, 0.05) is 17.7 Å². The third kappa shape index (κ3) is 5.66. The first-order valence-electron chi connectivity index (χ1n) is 11.3. The fourth-order valence-electron chi connectivity index (χ4n) is 4.95. The Morgan fingerprint density at radius 3 is 1.89 bits per heavy atom. The normalized spacial score (nSPS) is 24.5. The van der Waals surface area contributed by atoms with E-state index < -0.39 is 34.5 Å². The van der Waals surface area contributed by atoms with Crippen LogP contribution in [0.2, 0.25) is 10.0 Å². The number of nitriles is 1. The van der Waals surface area contributed by atoms with Crippen molar-refractivity contribution in [1.29, 1.82) is 5.26 Å². The predicted molar refractivity (Wildman–Crippen MR) is 128 cm³/mol. The van der Waals surface area contributed by atoms with Crippen LogP contribution in [0.5, 0.6) is 11.5 Å². The summed E-state index contributed by atoms with van der Waals surface area (Å²) in [5.74, 6) is -2.29. The number of hydrogen-bond donors (Lipinski definition) is 2. The third-order valence-electron chi connectivity index (χ3n) is 6.83. The molecule has 7 nitrogen and oxygen atoms in total. The smallest absolute Gasteiger partial charge is 0.258 e. The van der Waals surface area contributed by atoms with Crippen molar-refractivity contribution in [3.8, 4) is 17.6 Å². The summed E-state index contributed by atoms with van der Waals surface area (Å²) < 4.78 is 37.9. The van der Waals surface area contributed by atoms with E-state index in [0.29, 0.717) is 32.1 Å². The molecule has 5 rings (SSSR count). The molecule has 2 aromatic carbocycles. The lowest BCUT2D eigenvalue weighted by atomic mass is 9.56. The fraction of sp³-hybridized carbons (Fsp3) is 0.400. The van der Waals surface area contributed by atoms with E-state index in [1.54, 1.807) is 0 Å². The Kier molecular flexibility index (Phi) is 7.57. The third-order valence-corrected chi connectivity index (χ3v) is 7.45. The number of benzene rings is 2. The number of rotatable bonds is 8. The van der Waals surface area contributed by atoms with E-state index in [2.05, 4.69) is 16.7 Å². The molecule has 0 heterocycles. The summed E-state index contributed by atoms with van der Waals surface area (Å²) in [7, 11) is 0. The van der Waals surface area contributed by atoms with Crippen molar-refractivity contribution >= 4 is 35.0 Å². The molecule has 3 fully saturated rings. The van der Waals surface area contributed by atoms with Crippen molar-refractivity contribution in [2.75, 3.05) is 13.2 Å². The maximum atomic E-state index is 13.6. The van der Waals surface area contributed by atoms with Gasteiger partial charge in [-0.25, -0.2) is 8.78 Å². The summed E-state index contributed by atoms with van der Waals surface area (Å²) in [5.41, 5.74) is -1.32. The molecule has 2 N–H and O–H groups in total. The van der Waals surface area contributed by atoms with Crippen LogP contribution in [-0.4, -0.2) is 36.1 Å². The highest BCUT2D eigenvalue weighted by Gasteiger charge is 2.56. The number of carbonyl (C=O) groups excluding carboxylic acids is 2. The number of fused-ring (bicyclic) bond motifs is 3. The molecule has 1 atom stereocenters. The average molecular weight is 538 g/mol. The zero-order valence-electron chi connectivity index (χ0n) is 19.1. The molecular weight excluding hydrogens is 515 g/mol. The molecule has 2 bridgehead atoms. The van der Waals surface area contributed by atoms with Gasteiger partial charge in [-0.05, 0) is 56.4 Å². The average Bonchev–Trinajstić information content (AvgIpc) is 2.86. The zero-order valence-corrected chi connectivity index (χ0v) is 20.6. The quantitative estimate of drug-likeness (QED) is 0.514. The Hall–Kier alpha value is -3.09. The van der Waals surface area contributed by atoms with Crippen LogP contribution in [0.3, 0.4) is 0 Å². The minimum absolute atomic E-state index is 0.0429. The van der Waals surface area contributed by atoms with Gasteiger partial charge in [-0.15, -0.1) is 0 Å². The van der Waals surface area contributed by atoms with Gasteiger partial charge in [0.25, 0.3) is 11.8 Å². The van der Waals surface area contributed by atoms with Gasteiger partial charge < -0.3 is 20.1 Å². The van der Waals surface area contributed by atoms with Crippen LogP contribution in [-0.2, 0) is 9.59 Å². The van der Waals surface area contributed by atoms with E-state index in [4.69, 9.17) is 32.7 Å². The largest absolute Gasteiger partial charge is 0.484 e. The SMILES string of the molecule is N#C[C@H]1CC2(NC(=O)COc3ccc(Cl)c(F)c3)CCC1(NC(=O)COc1ccc(Cl)c(F)c1)CC2. The van der Waals surface area contributed by atoms with Crippen LogP contribution in [0.15, 0.2) is 36.4 Å². The van der Waals surface area contributed by atoms with E-state index in [1.165, 1.54) is 24.3 Å². The van der Waals surface area contributed by atoms with E-state index in [1.807, 2.05) is 0 Å². The lowest BCUT2D eigenvalue weighted by Crippen LogP contribution is -2.68. The lowest BCUT2D eigenvalue weighted by Gasteiger charge is -2.56. The second kappa shape index (κ2) is 10.5. The molecule has 2 amide bonds. The number of hydrogen-bond acceptors (Lipinski definition) is 5. The first kappa shape index (κ1) is 26.0. The van der Waals surface area contributed by atoms with Crippen LogP contribution < -0.4 is 20.1 Å². The molecule has 0 spiro atoms. The van der Waals surface area contributed by atoms with Crippen LogP contribution in [0.25, 0.3) is 0 Å². The molecule has 3 saturated carbocycles. The highest BCUT2D eigenvalue weighted by atomic mass is 35.5. The minimum Gasteiger partial charge on any atom is -0.484 e. The second-order valence-corrected chi connectivity index (χ2v) is 9.96. The minimum atomic E-state index is -0.732. The summed E-state index contributed by atoms with van der Waals surface area (Å²) in [6.07, 6.45) is 2.49. The maximum absolute atomic E-state index is 13.6. The predicted octanol–water partition coefficient (Wildman–Crippen LogP) is 4.56. The molecule has 190 valence electrons. The molecule has 36 heavy (non-hydrogen) atoms. The van der Waals surface area contributed by atoms with Gasteiger partial charge in [-0.2, -0.15) is 5.26 Å². The number of halogens is 4. The van der Waals surface area contributed by atoms with Crippen molar-refractivity contribution in [3.63, 3.8) is 0 Å². The number of nitrogens with one attached hydrogen (secondary N) is 2. The van der Waals surface area contributed by atoms with Gasteiger partial charge in [-0.1, -0.05) is 23.2 Å². The monoisotopic (exact) mass is 537 g/mol. The highest BCUT2D eigenvalue weighted by molar-refractivity contribution is 6.31. The molecule has 11 heteroatoms. The van der Waals surface area contributed by atoms with Crippen molar-refractivity contribution < 1.29 is 27.8 Å². The summed E-state index contributed by atoms with van der Waals surface area (Å²) in [6.45, 7) is -0.657. The van der Waals surface area contributed by atoms with Gasteiger partial charge in [0.15, 0.2) is 13.2 Å². The number of ether oxygens (including phenoxy) is 2. The van der Waals surface area contributed by atoms with E-state index >= 15 is 0 Å². The van der Waals surface area contributed by atoms with E-state index in [9.17, 15) is 23.6 Å². The van der Waals surface area contributed by atoms with Gasteiger partial charge in [0.05, 0.1) is 27.6 Å². The molecule has 3 aliphatic carbocycles. The molecule has 0 saturated heterocycles. The topological polar surface area (TPSA) is 100 Å².